The molecule has 1 aliphatic carbocycles. The summed E-state index contributed by atoms with van der Waals surface area (Å²) in [7, 11) is 0. The average Bonchev–Trinajstić information content (AvgIpc) is 3.38. The Morgan fingerprint density at radius 1 is 0.500 bits per heavy atom. The van der Waals surface area contributed by atoms with E-state index < -0.39 is 0 Å². The molecule has 0 spiro atoms. The molecule has 1 aliphatic rings. The summed E-state index contributed by atoms with van der Waals surface area (Å²) in [6, 6.07) is 35.2. The predicted octanol–water partition coefficient (Wildman–Crippen LogP) is 7.69. The SMILES string of the molecule is C1=Cc2c(n(-c3ccc(-n4c5ccccc5c5ccccc54)cc3)c3ccccc23)CC1. The van der Waals surface area contributed by atoms with E-state index in [4.69, 9.17) is 0 Å². The average molecular weight is 411 g/mol. The zero-order valence-electron chi connectivity index (χ0n) is 17.7. The number of hydrogen-bond donors (Lipinski definition) is 0. The van der Waals surface area contributed by atoms with Crippen LogP contribution in [0, 0.1) is 0 Å². The van der Waals surface area contributed by atoms with Gasteiger partial charge in [-0.3, -0.25) is 0 Å². The van der Waals surface area contributed by atoms with Crippen molar-refractivity contribution in [3.05, 3.63) is 114 Å². The molecule has 32 heavy (non-hydrogen) atoms. The zero-order chi connectivity index (χ0) is 21.1. The Balaban J connectivity index is 1.44. The molecule has 0 unspecified atom stereocenters. The van der Waals surface area contributed by atoms with Crippen molar-refractivity contribution >= 4 is 38.8 Å². The van der Waals surface area contributed by atoms with Crippen molar-refractivity contribution < 1.29 is 0 Å². The molecule has 152 valence electrons. The van der Waals surface area contributed by atoms with Crippen LogP contribution in [0.4, 0.5) is 0 Å². The summed E-state index contributed by atoms with van der Waals surface area (Å²) >= 11 is 0. The standard InChI is InChI=1S/C30H22N2/c1-5-13-27-23(9-1)24-10-2-6-14-28(24)31(27)21-17-19-22(20-18-21)32-29-15-7-3-11-25(29)26-12-4-8-16-30(26)32/h1-7,9-15,17-20H,8,16H2. The van der Waals surface area contributed by atoms with Gasteiger partial charge in [0.25, 0.3) is 0 Å². The summed E-state index contributed by atoms with van der Waals surface area (Å²) in [4.78, 5) is 0. The van der Waals surface area contributed by atoms with Gasteiger partial charge in [-0.25, -0.2) is 0 Å². The molecule has 2 aromatic heterocycles. The molecule has 0 atom stereocenters. The van der Waals surface area contributed by atoms with Crippen LogP contribution in [0.25, 0.3) is 50.2 Å². The van der Waals surface area contributed by atoms with Crippen LogP contribution in [0.1, 0.15) is 17.7 Å². The number of fused-ring (bicyclic) bond motifs is 6. The van der Waals surface area contributed by atoms with Gasteiger partial charge in [0, 0.05) is 38.8 Å². The van der Waals surface area contributed by atoms with E-state index in [-0.39, 0.29) is 0 Å². The van der Waals surface area contributed by atoms with Crippen LogP contribution in [0.2, 0.25) is 0 Å². The third kappa shape index (κ3) is 2.41. The second kappa shape index (κ2) is 6.73. The van der Waals surface area contributed by atoms with E-state index in [1.165, 1.54) is 55.3 Å². The molecule has 2 nitrogen and oxygen atoms in total. The Labute approximate surface area is 186 Å². The highest BCUT2D eigenvalue weighted by Crippen LogP contribution is 2.35. The Hall–Kier alpha value is -4.04. The number of nitrogens with zero attached hydrogens (tertiary/aromatic N) is 2. The maximum atomic E-state index is 2.45. The number of para-hydroxylation sites is 3. The number of benzene rings is 4. The first-order valence-corrected chi connectivity index (χ1v) is 11.3. The van der Waals surface area contributed by atoms with Crippen LogP contribution in [0.3, 0.4) is 0 Å². The fourth-order valence-corrected chi connectivity index (χ4v) is 5.42. The highest BCUT2D eigenvalue weighted by atomic mass is 15.0. The van der Waals surface area contributed by atoms with Crippen LogP contribution in [0.15, 0.2) is 103 Å². The van der Waals surface area contributed by atoms with Crippen LogP contribution >= 0.6 is 0 Å². The Kier molecular flexibility index (Phi) is 3.71. The molecular weight excluding hydrogens is 388 g/mol. The summed E-state index contributed by atoms with van der Waals surface area (Å²) in [5.74, 6) is 0. The highest BCUT2D eigenvalue weighted by molar-refractivity contribution is 6.09. The van der Waals surface area contributed by atoms with Crippen molar-refractivity contribution in [2.24, 2.45) is 0 Å². The van der Waals surface area contributed by atoms with E-state index in [1.54, 1.807) is 0 Å². The van der Waals surface area contributed by atoms with E-state index in [1.807, 2.05) is 0 Å². The molecule has 0 amide bonds. The minimum atomic E-state index is 1.08. The van der Waals surface area contributed by atoms with Gasteiger partial charge in [-0.1, -0.05) is 66.7 Å². The summed E-state index contributed by atoms with van der Waals surface area (Å²) in [5.41, 5.74) is 8.98. The van der Waals surface area contributed by atoms with Gasteiger partial charge < -0.3 is 9.13 Å². The normalized spacial score (nSPS) is 13.2. The maximum absolute atomic E-state index is 2.45. The topological polar surface area (TPSA) is 9.86 Å². The zero-order valence-corrected chi connectivity index (χ0v) is 17.7. The third-order valence-corrected chi connectivity index (χ3v) is 6.79. The second-order valence-electron chi connectivity index (χ2n) is 8.54. The lowest BCUT2D eigenvalue weighted by Crippen LogP contribution is -2.03. The van der Waals surface area contributed by atoms with E-state index in [0.717, 1.165) is 12.8 Å². The molecule has 0 saturated carbocycles. The molecule has 2 heteroatoms. The predicted molar refractivity (Wildman–Crippen MR) is 135 cm³/mol. The van der Waals surface area contributed by atoms with Crippen molar-refractivity contribution in [3.63, 3.8) is 0 Å². The second-order valence-corrected chi connectivity index (χ2v) is 8.54. The Morgan fingerprint density at radius 3 is 1.62 bits per heavy atom. The number of rotatable bonds is 2. The maximum Gasteiger partial charge on any atom is 0.0541 e. The van der Waals surface area contributed by atoms with Gasteiger partial charge in [0.05, 0.1) is 16.6 Å². The van der Waals surface area contributed by atoms with Gasteiger partial charge in [-0.15, -0.1) is 0 Å². The van der Waals surface area contributed by atoms with E-state index >= 15 is 0 Å². The Morgan fingerprint density at radius 2 is 1.00 bits per heavy atom. The van der Waals surface area contributed by atoms with Crippen molar-refractivity contribution in [2.45, 2.75) is 12.8 Å². The van der Waals surface area contributed by atoms with Crippen molar-refractivity contribution in [1.82, 2.24) is 9.13 Å². The molecule has 4 aromatic carbocycles. The first-order chi connectivity index (χ1) is 15.9. The van der Waals surface area contributed by atoms with Gasteiger partial charge in [-0.05, 0) is 55.3 Å². The molecule has 0 N–H and O–H groups in total. The van der Waals surface area contributed by atoms with E-state index in [2.05, 4.69) is 118 Å². The fraction of sp³-hybridized carbons (Fsp3) is 0.0667. The van der Waals surface area contributed by atoms with Crippen LogP contribution in [0.5, 0.6) is 0 Å². The molecule has 0 aliphatic heterocycles. The molecular formula is C30H22N2. The molecule has 0 radical (unpaired) electrons. The summed E-state index contributed by atoms with van der Waals surface area (Å²) in [6.45, 7) is 0. The van der Waals surface area contributed by atoms with Crippen LogP contribution in [-0.2, 0) is 6.42 Å². The van der Waals surface area contributed by atoms with Gasteiger partial charge in [0.2, 0.25) is 0 Å². The molecule has 0 saturated heterocycles. The summed E-state index contributed by atoms with van der Waals surface area (Å²) in [6.07, 6.45) is 6.77. The first kappa shape index (κ1) is 17.6. The summed E-state index contributed by atoms with van der Waals surface area (Å²) < 4.78 is 4.82. The molecule has 7 rings (SSSR count). The van der Waals surface area contributed by atoms with Gasteiger partial charge in [0.1, 0.15) is 0 Å². The number of allylic oxidation sites excluding steroid dienone is 1. The lowest BCUT2D eigenvalue weighted by molar-refractivity contribution is 0.888. The third-order valence-electron chi connectivity index (χ3n) is 6.79. The van der Waals surface area contributed by atoms with Crippen molar-refractivity contribution in [1.29, 1.82) is 0 Å². The minimum absolute atomic E-state index is 1.08. The Bertz CT molecular complexity index is 1610. The highest BCUT2D eigenvalue weighted by Gasteiger charge is 2.18. The minimum Gasteiger partial charge on any atom is -0.313 e. The van der Waals surface area contributed by atoms with Crippen molar-refractivity contribution in [3.8, 4) is 11.4 Å². The smallest absolute Gasteiger partial charge is 0.0541 e. The van der Waals surface area contributed by atoms with E-state index in [0.29, 0.717) is 0 Å². The monoisotopic (exact) mass is 410 g/mol. The van der Waals surface area contributed by atoms with Gasteiger partial charge >= 0.3 is 0 Å². The number of hydrogen-bond acceptors (Lipinski definition) is 0. The first-order valence-electron chi connectivity index (χ1n) is 11.3. The lowest BCUT2D eigenvalue weighted by atomic mass is 10.0. The summed E-state index contributed by atoms with van der Waals surface area (Å²) in [5, 5.41) is 3.93. The fourth-order valence-electron chi connectivity index (χ4n) is 5.42. The largest absolute Gasteiger partial charge is 0.313 e. The number of aromatic nitrogens is 2. The van der Waals surface area contributed by atoms with Gasteiger partial charge in [0.15, 0.2) is 0 Å². The molecule has 6 aromatic rings. The molecule has 2 heterocycles. The molecule has 0 fully saturated rings. The van der Waals surface area contributed by atoms with E-state index in [9.17, 15) is 0 Å². The van der Waals surface area contributed by atoms with Crippen LogP contribution in [-0.4, -0.2) is 9.13 Å². The lowest BCUT2D eigenvalue weighted by Gasteiger charge is -2.14. The quantitative estimate of drug-likeness (QED) is 0.277. The molecule has 0 bridgehead atoms. The van der Waals surface area contributed by atoms with Crippen LogP contribution < -0.4 is 0 Å². The van der Waals surface area contributed by atoms with Gasteiger partial charge in [-0.2, -0.15) is 0 Å². The van der Waals surface area contributed by atoms with Crippen molar-refractivity contribution in [2.75, 3.05) is 0 Å².